The van der Waals surface area contributed by atoms with E-state index in [4.69, 9.17) is 19.3 Å². The lowest BCUT2D eigenvalue weighted by atomic mass is 10.1. The van der Waals surface area contributed by atoms with E-state index in [-0.39, 0.29) is 12.0 Å². The fourth-order valence-electron chi connectivity index (χ4n) is 4.22. The van der Waals surface area contributed by atoms with E-state index in [1.807, 2.05) is 56.8 Å². The van der Waals surface area contributed by atoms with E-state index in [0.29, 0.717) is 31.1 Å². The Kier molecular flexibility index (Phi) is 9.01. The number of ether oxygens (including phenoxy) is 3. The quantitative estimate of drug-likeness (QED) is 0.362. The third-order valence-corrected chi connectivity index (χ3v) is 6.04. The van der Waals surface area contributed by atoms with Crippen LogP contribution in [0.4, 0.5) is 9.18 Å². The Balaban J connectivity index is 1.45. The molecule has 0 saturated carbocycles. The first-order chi connectivity index (χ1) is 18.2. The molecule has 9 heteroatoms. The molecule has 1 fully saturated rings. The Labute approximate surface area is 223 Å². The van der Waals surface area contributed by atoms with E-state index < -0.39 is 11.7 Å². The van der Waals surface area contributed by atoms with Gasteiger partial charge in [-0.2, -0.15) is 5.10 Å². The lowest BCUT2D eigenvalue weighted by molar-refractivity contribution is -0.0394. The Morgan fingerprint density at radius 1 is 1.13 bits per heavy atom. The van der Waals surface area contributed by atoms with Gasteiger partial charge in [0.15, 0.2) is 0 Å². The van der Waals surface area contributed by atoms with Crippen LogP contribution in [0.25, 0.3) is 11.3 Å². The van der Waals surface area contributed by atoms with Crippen LogP contribution in [0.15, 0.2) is 54.7 Å². The Morgan fingerprint density at radius 2 is 1.82 bits per heavy atom. The van der Waals surface area contributed by atoms with Crippen LogP contribution in [-0.4, -0.2) is 53.1 Å². The molecule has 0 spiro atoms. The number of nitrogens with one attached hydrogen (secondary N) is 1. The molecular weight excluding hydrogens is 487 g/mol. The molecule has 3 aromatic rings. The molecule has 0 aliphatic carbocycles. The van der Waals surface area contributed by atoms with Crippen LogP contribution in [0.5, 0.6) is 11.5 Å². The van der Waals surface area contributed by atoms with Gasteiger partial charge in [-0.1, -0.05) is 0 Å². The summed E-state index contributed by atoms with van der Waals surface area (Å²) >= 11 is 0. The molecule has 1 saturated heterocycles. The molecule has 1 aromatic heterocycles. The first kappa shape index (κ1) is 27.6. The minimum Gasteiger partial charge on any atom is -0.457 e. The zero-order valence-corrected chi connectivity index (χ0v) is 22.6. The number of rotatable bonds is 9. The summed E-state index contributed by atoms with van der Waals surface area (Å²) in [6, 6.07) is 13.6. The molecule has 38 heavy (non-hydrogen) atoms. The fraction of sp³-hybridized carbons (Fsp3) is 0.448. The second-order valence-corrected chi connectivity index (χ2v) is 10.6. The van der Waals surface area contributed by atoms with E-state index in [0.717, 1.165) is 42.7 Å². The van der Waals surface area contributed by atoms with Gasteiger partial charge < -0.3 is 24.4 Å². The number of hydrogen-bond donors (Lipinski definition) is 1. The largest absolute Gasteiger partial charge is 0.457 e. The van der Waals surface area contributed by atoms with Crippen molar-refractivity contribution in [3.8, 4) is 22.8 Å². The van der Waals surface area contributed by atoms with Gasteiger partial charge in [0.1, 0.15) is 29.1 Å². The summed E-state index contributed by atoms with van der Waals surface area (Å²) in [4.78, 5) is 14.1. The molecular formula is C29H37FN4O4. The normalized spacial score (nSPS) is 15.9. The van der Waals surface area contributed by atoms with Gasteiger partial charge in [0.05, 0.1) is 5.69 Å². The van der Waals surface area contributed by atoms with Crippen molar-refractivity contribution in [1.82, 2.24) is 20.0 Å². The molecule has 1 atom stereocenters. The molecule has 204 valence electrons. The maximum Gasteiger partial charge on any atom is 0.407 e. The van der Waals surface area contributed by atoms with Crippen molar-refractivity contribution in [2.75, 3.05) is 26.7 Å². The molecule has 4 rings (SSSR count). The number of amides is 1. The van der Waals surface area contributed by atoms with Crippen LogP contribution in [-0.2, 0) is 16.0 Å². The van der Waals surface area contributed by atoms with Crippen LogP contribution < -0.4 is 10.1 Å². The lowest BCUT2D eigenvalue weighted by Crippen LogP contribution is -2.36. The summed E-state index contributed by atoms with van der Waals surface area (Å²) < 4.78 is 32.3. The van der Waals surface area contributed by atoms with Crippen LogP contribution in [0.1, 0.15) is 51.8 Å². The minimum absolute atomic E-state index is 0.0727. The smallest absolute Gasteiger partial charge is 0.407 e. The molecule has 0 bridgehead atoms. The van der Waals surface area contributed by atoms with Crippen molar-refractivity contribution >= 4 is 6.09 Å². The van der Waals surface area contributed by atoms with E-state index in [1.54, 1.807) is 12.1 Å². The van der Waals surface area contributed by atoms with Gasteiger partial charge in [0.2, 0.25) is 0 Å². The molecule has 1 N–H and O–H groups in total. The lowest BCUT2D eigenvalue weighted by Gasteiger charge is -2.22. The number of alkyl carbamates (subject to hydrolysis) is 1. The van der Waals surface area contributed by atoms with Gasteiger partial charge in [-0.3, -0.25) is 0 Å². The van der Waals surface area contributed by atoms with Gasteiger partial charge in [-0.25, -0.2) is 13.9 Å². The number of hydrogen-bond acceptors (Lipinski definition) is 6. The van der Waals surface area contributed by atoms with E-state index in [1.165, 1.54) is 12.1 Å². The van der Waals surface area contributed by atoms with Crippen molar-refractivity contribution < 1.29 is 23.4 Å². The van der Waals surface area contributed by atoms with Gasteiger partial charge in [-0.15, -0.1) is 0 Å². The zero-order valence-electron chi connectivity index (χ0n) is 22.6. The van der Waals surface area contributed by atoms with Gasteiger partial charge >= 0.3 is 6.09 Å². The topological polar surface area (TPSA) is 77.9 Å². The van der Waals surface area contributed by atoms with Gasteiger partial charge in [0, 0.05) is 43.6 Å². The zero-order chi connectivity index (χ0) is 27.1. The summed E-state index contributed by atoms with van der Waals surface area (Å²) in [6.07, 6.45) is 4.68. The van der Waals surface area contributed by atoms with E-state index >= 15 is 0 Å². The number of halogens is 1. The van der Waals surface area contributed by atoms with Gasteiger partial charge in [-0.05, 0) is 95.6 Å². The molecule has 1 amide bonds. The van der Waals surface area contributed by atoms with Crippen LogP contribution in [0.2, 0.25) is 0 Å². The van der Waals surface area contributed by atoms with Crippen molar-refractivity contribution in [3.63, 3.8) is 0 Å². The second-order valence-electron chi connectivity index (χ2n) is 10.6. The summed E-state index contributed by atoms with van der Waals surface area (Å²) in [5.74, 6) is 0.922. The number of nitrogens with zero attached hydrogens (tertiary/aromatic N) is 3. The predicted octanol–water partition coefficient (Wildman–Crippen LogP) is 6.14. The maximum atomic E-state index is 13.2. The number of carbonyl (C=O) groups is 1. The SMILES string of the molecule is CN(CCNC(=O)OC(C)(C)C)Cc1cn(C2CCCCO2)nc1-c1ccc(Oc2ccc(F)cc2)cc1. The molecule has 2 aromatic carbocycles. The van der Waals surface area contributed by atoms with Crippen LogP contribution >= 0.6 is 0 Å². The first-order valence-corrected chi connectivity index (χ1v) is 13.1. The van der Waals surface area contributed by atoms with E-state index in [9.17, 15) is 9.18 Å². The molecule has 8 nitrogen and oxygen atoms in total. The summed E-state index contributed by atoms with van der Waals surface area (Å²) in [6.45, 7) is 8.02. The highest BCUT2D eigenvalue weighted by molar-refractivity contribution is 5.67. The predicted molar refractivity (Wildman–Crippen MR) is 144 cm³/mol. The van der Waals surface area contributed by atoms with Crippen LogP contribution in [0.3, 0.4) is 0 Å². The number of likely N-dealkylation sites (N-methyl/N-ethyl adjacent to an activating group) is 1. The highest BCUT2D eigenvalue weighted by Gasteiger charge is 2.21. The third-order valence-electron chi connectivity index (χ3n) is 6.04. The Hall–Kier alpha value is -3.43. The fourth-order valence-corrected chi connectivity index (χ4v) is 4.22. The van der Waals surface area contributed by atoms with E-state index in [2.05, 4.69) is 16.4 Å². The third kappa shape index (κ3) is 8.03. The van der Waals surface area contributed by atoms with Crippen molar-refractivity contribution in [2.45, 2.75) is 58.4 Å². The highest BCUT2D eigenvalue weighted by Crippen LogP contribution is 2.30. The average Bonchev–Trinajstić information content (AvgIpc) is 3.29. The van der Waals surface area contributed by atoms with Crippen molar-refractivity contribution in [3.05, 3.63) is 66.1 Å². The Bertz CT molecular complexity index is 1180. The number of benzene rings is 2. The highest BCUT2D eigenvalue weighted by atomic mass is 19.1. The van der Waals surface area contributed by atoms with Crippen molar-refractivity contribution in [1.29, 1.82) is 0 Å². The molecule has 1 unspecified atom stereocenters. The average molecular weight is 525 g/mol. The standard InChI is InChI=1S/C29H37FN4O4/c1-29(2,3)38-28(35)31-16-17-33(4)19-22-20-34(26-7-5-6-18-36-26)32-27(22)21-8-12-24(13-9-21)37-25-14-10-23(30)11-15-25/h8-15,20,26H,5-7,16-19H2,1-4H3,(H,31,35). The van der Waals surface area contributed by atoms with Crippen molar-refractivity contribution in [2.24, 2.45) is 0 Å². The molecule has 0 radical (unpaired) electrons. The molecule has 1 aliphatic heterocycles. The summed E-state index contributed by atoms with van der Waals surface area (Å²) in [7, 11) is 2.01. The van der Waals surface area contributed by atoms with Gasteiger partial charge in [0.25, 0.3) is 0 Å². The summed E-state index contributed by atoms with van der Waals surface area (Å²) in [5, 5.41) is 7.73. The number of carbonyl (C=O) groups excluding carboxylic acids is 1. The minimum atomic E-state index is -0.528. The van der Waals surface area contributed by atoms with Crippen LogP contribution in [0, 0.1) is 5.82 Å². The summed E-state index contributed by atoms with van der Waals surface area (Å²) in [5.41, 5.74) is 2.37. The maximum absolute atomic E-state index is 13.2. The second kappa shape index (κ2) is 12.4. The molecule has 1 aliphatic rings. The first-order valence-electron chi connectivity index (χ1n) is 13.1. The monoisotopic (exact) mass is 524 g/mol. The number of aromatic nitrogens is 2. The Morgan fingerprint density at radius 3 is 2.45 bits per heavy atom. The molecule has 2 heterocycles.